The Morgan fingerprint density at radius 2 is 2.05 bits per heavy atom. The second-order valence-electron chi connectivity index (χ2n) is 6.05. The van der Waals surface area contributed by atoms with Crippen LogP contribution in [-0.4, -0.2) is 52.7 Å². The van der Waals surface area contributed by atoms with Crippen LogP contribution in [0, 0.1) is 5.92 Å². The molecular weight excluding hydrogens is 282 g/mol. The van der Waals surface area contributed by atoms with Crippen LogP contribution in [0.15, 0.2) is 12.3 Å². The molecule has 1 aromatic heterocycles. The van der Waals surface area contributed by atoms with Crippen LogP contribution in [0.3, 0.4) is 0 Å². The number of piperidine rings is 1. The van der Waals surface area contributed by atoms with E-state index >= 15 is 0 Å². The van der Waals surface area contributed by atoms with E-state index in [-0.39, 0.29) is 11.9 Å². The van der Waals surface area contributed by atoms with Crippen molar-refractivity contribution in [2.75, 3.05) is 19.6 Å². The quantitative estimate of drug-likeness (QED) is 0.728. The van der Waals surface area contributed by atoms with E-state index in [2.05, 4.69) is 20.8 Å². The molecule has 0 unspecified atom stereocenters. The summed E-state index contributed by atoms with van der Waals surface area (Å²) in [7, 11) is 0. The Morgan fingerprint density at radius 1 is 1.23 bits per heavy atom. The first-order valence-electron chi connectivity index (χ1n) is 8.08. The van der Waals surface area contributed by atoms with Gasteiger partial charge in [-0.15, -0.1) is 0 Å². The number of H-pyrrole nitrogens is 1. The van der Waals surface area contributed by atoms with Gasteiger partial charge in [0.05, 0.1) is 0 Å². The third-order valence-electron chi connectivity index (χ3n) is 4.69. The number of urea groups is 1. The second-order valence-corrected chi connectivity index (χ2v) is 6.05. The first-order chi connectivity index (χ1) is 10.8. The number of aromatic nitrogens is 2. The van der Waals surface area contributed by atoms with Crippen LogP contribution >= 0.6 is 0 Å². The van der Waals surface area contributed by atoms with Crippen molar-refractivity contribution in [2.45, 2.75) is 38.1 Å². The van der Waals surface area contributed by atoms with E-state index < -0.39 is 0 Å². The Bertz CT molecular complexity index is 516. The van der Waals surface area contributed by atoms with Crippen LogP contribution in [0.5, 0.6) is 0 Å². The van der Waals surface area contributed by atoms with Crippen molar-refractivity contribution in [3.05, 3.63) is 18.0 Å². The minimum absolute atomic E-state index is 0.00684. The Kier molecular flexibility index (Phi) is 4.60. The number of nitrogens with one attached hydrogen (secondary N) is 3. The minimum Gasteiger partial charge on any atom is -0.349 e. The summed E-state index contributed by atoms with van der Waals surface area (Å²) >= 11 is 0. The number of amides is 3. The number of aromatic amines is 1. The molecule has 7 heteroatoms. The maximum atomic E-state index is 12.3. The van der Waals surface area contributed by atoms with Crippen molar-refractivity contribution in [1.82, 2.24) is 25.7 Å². The van der Waals surface area contributed by atoms with E-state index in [4.69, 9.17) is 0 Å². The first-order valence-corrected chi connectivity index (χ1v) is 8.08. The number of carbonyl (C=O) groups is 2. The topological polar surface area (TPSA) is 90.1 Å². The number of carbonyl (C=O) groups excluding carboxylic acids is 2. The zero-order chi connectivity index (χ0) is 15.4. The van der Waals surface area contributed by atoms with Gasteiger partial charge in [0, 0.05) is 31.9 Å². The summed E-state index contributed by atoms with van der Waals surface area (Å²) in [5.41, 5.74) is 0.427. The highest BCUT2D eigenvalue weighted by atomic mass is 16.2. The predicted octanol–water partition coefficient (Wildman–Crippen LogP) is 1.11. The van der Waals surface area contributed by atoms with Crippen LogP contribution in [0.1, 0.15) is 42.6 Å². The molecular formula is C15H23N5O2. The molecule has 2 atom stereocenters. The molecule has 120 valence electrons. The molecule has 1 aliphatic carbocycles. The smallest absolute Gasteiger partial charge is 0.317 e. The number of nitrogens with zero attached hydrogens (tertiary/aromatic N) is 2. The fourth-order valence-electron chi connectivity index (χ4n) is 3.63. The number of hydrogen-bond donors (Lipinski definition) is 3. The lowest BCUT2D eigenvalue weighted by atomic mass is 9.92. The molecule has 3 rings (SSSR count). The molecule has 1 aliphatic heterocycles. The minimum atomic E-state index is -0.208. The lowest BCUT2D eigenvalue weighted by Crippen LogP contribution is -2.51. The van der Waals surface area contributed by atoms with Crippen LogP contribution in [0.2, 0.25) is 0 Å². The van der Waals surface area contributed by atoms with Crippen LogP contribution < -0.4 is 10.6 Å². The molecule has 2 fully saturated rings. The van der Waals surface area contributed by atoms with Gasteiger partial charge in [0.25, 0.3) is 5.91 Å². The van der Waals surface area contributed by atoms with E-state index in [1.54, 1.807) is 6.07 Å². The van der Waals surface area contributed by atoms with Gasteiger partial charge in [0.15, 0.2) is 0 Å². The highest BCUT2D eigenvalue weighted by Gasteiger charge is 2.37. The molecule has 0 bridgehead atoms. The molecule has 2 aliphatic rings. The van der Waals surface area contributed by atoms with Gasteiger partial charge in [-0.1, -0.05) is 6.42 Å². The van der Waals surface area contributed by atoms with Gasteiger partial charge in [-0.05, 0) is 37.7 Å². The van der Waals surface area contributed by atoms with Crippen LogP contribution in [0.25, 0.3) is 0 Å². The average Bonchev–Trinajstić information content (AvgIpc) is 3.21. The molecule has 1 saturated heterocycles. The fraction of sp³-hybridized carbons (Fsp3) is 0.667. The molecule has 1 saturated carbocycles. The third-order valence-corrected chi connectivity index (χ3v) is 4.69. The van der Waals surface area contributed by atoms with E-state index in [1.165, 1.54) is 25.5 Å². The summed E-state index contributed by atoms with van der Waals surface area (Å²) in [6, 6.07) is 2.04. The van der Waals surface area contributed by atoms with Crippen LogP contribution in [-0.2, 0) is 0 Å². The second kappa shape index (κ2) is 6.81. The zero-order valence-electron chi connectivity index (χ0n) is 12.7. The van der Waals surface area contributed by atoms with E-state index in [0.29, 0.717) is 30.7 Å². The number of hydrogen-bond acceptors (Lipinski definition) is 3. The standard InChI is InChI=1S/C15H23N5O2/c21-14(12-6-7-18-19-12)16-8-9-17-15(22)20-10-2-4-11-3-1-5-13(11)20/h6-7,11,13H,1-5,8-10H2,(H,16,21)(H,17,22)(H,18,19)/t11-,13-/m1/s1. The van der Waals surface area contributed by atoms with Crippen molar-refractivity contribution in [3.63, 3.8) is 0 Å². The Morgan fingerprint density at radius 3 is 2.86 bits per heavy atom. The maximum Gasteiger partial charge on any atom is 0.317 e. The summed E-state index contributed by atoms with van der Waals surface area (Å²) in [4.78, 5) is 26.0. The van der Waals surface area contributed by atoms with Crippen molar-refractivity contribution >= 4 is 11.9 Å². The molecule has 2 heterocycles. The summed E-state index contributed by atoms with van der Waals surface area (Å²) < 4.78 is 0. The Hall–Kier alpha value is -2.05. The van der Waals surface area contributed by atoms with E-state index in [1.807, 2.05) is 4.90 Å². The zero-order valence-corrected chi connectivity index (χ0v) is 12.7. The van der Waals surface area contributed by atoms with Crippen molar-refractivity contribution < 1.29 is 9.59 Å². The summed E-state index contributed by atoms with van der Waals surface area (Å²) in [5, 5.41) is 12.0. The average molecular weight is 305 g/mol. The lowest BCUT2D eigenvalue weighted by Gasteiger charge is -2.37. The number of fused-ring (bicyclic) bond motifs is 1. The number of likely N-dealkylation sites (tertiary alicyclic amines) is 1. The van der Waals surface area contributed by atoms with Gasteiger partial charge >= 0.3 is 6.03 Å². The summed E-state index contributed by atoms with van der Waals surface area (Å²) in [5.74, 6) is 0.486. The maximum absolute atomic E-state index is 12.3. The predicted molar refractivity (Wildman–Crippen MR) is 81.4 cm³/mol. The Labute approximate surface area is 129 Å². The lowest BCUT2D eigenvalue weighted by molar-refractivity contribution is 0.0947. The normalized spacial score (nSPS) is 23.9. The van der Waals surface area contributed by atoms with Gasteiger partial charge in [-0.25, -0.2) is 4.79 Å². The van der Waals surface area contributed by atoms with Gasteiger partial charge in [-0.2, -0.15) is 5.10 Å². The van der Waals surface area contributed by atoms with Crippen molar-refractivity contribution in [1.29, 1.82) is 0 Å². The molecule has 1 aromatic rings. The van der Waals surface area contributed by atoms with Gasteiger partial charge in [0.2, 0.25) is 0 Å². The fourth-order valence-corrected chi connectivity index (χ4v) is 3.63. The van der Waals surface area contributed by atoms with E-state index in [0.717, 1.165) is 19.4 Å². The SMILES string of the molecule is O=C(NCCNC(=O)N1CCC[C@H]2CCC[C@H]21)c1ccn[nH]1. The molecule has 3 N–H and O–H groups in total. The molecule has 0 radical (unpaired) electrons. The third kappa shape index (κ3) is 3.23. The summed E-state index contributed by atoms with van der Waals surface area (Å²) in [6.07, 6.45) is 7.52. The van der Waals surface area contributed by atoms with Crippen LogP contribution in [0.4, 0.5) is 4.79 Å². The van der Waals surface area contributed by atoms with Gasteiger partial charge < -0.3 is 15.5 Å². The van der Waals surface area contributed by atoms with Gasteiger partial charge in [-0.3, -0.25) is 9.89 Å². The molecule has 3 amide bonds. The van der Waals surface area contributed by atoms with E-state index in [9.17, 15) is 9.59 Å². The van der Waals surface area contributed by atoms with Gasteiger partial charge in [0.1, 0.15) is 5.69 Å². The molecule has 0 spiro atoms. The molecule has 7 nitrogen and oxygen atoms in total. The van der Waals surface area contributed by atoms with Crippen molar-refractivity contribution in [2.24, 2.45) is 5.92 Å². The summed E-state index contributed by atoms with van der Waals surface area (Å²) in [6.45, 7) is 1.70. The highest BCUT2D eigenvalue weighted by Crippen LogP contribution is 2.36. The number of rotatable bonds is 4. The van der Waals surface area contributed by atoms with Crippen molar-refractivity contribution in [3.8, 4) is 0 Å². The largest absolute Gasteiger partial charge is 0.349 e. The highest BCUT2D eigenvalue weighted by molar-refractivity contribution is 5.92. The molecule has 22 heavy (non-hydrogen) atoms. The Balaban J connectivity index is 1.40. The monoisotopic (exact) mass is 305 g/mol. The first kappa shape index (κ1) is 14.9. The molecule has 0 aromatic carbocycles.